The Kier molecular flexibility index (Phi) is 3.20. The number of hydrogen-bond donors (Lipinski definition) is 1. The Balaban J connectivity index is 1.75. The molecule has 1 atom stereocenters. The van der Waals surface area contributed by atoms with Crippen LogP contribution in [0, 0.1) is 0 Å². The highest BCUT2D eigenvalue weighted by molar-refractivity contribution is 6.01. The summed E-state index contributed by atoms with van der Waals surface area (Å²) in [5.41, 5.74) is 1.32. The molecule has 0 fully saturated rings. The Labute approximate surface area is 132 Å². The minimum Gasteiger partial charge on any atom is -0.465 e. The molecular formula is C17H13N3O3. The van der Waals surface area contributed by atoms with Gasteiger partial charge in [-0.2, -0.15) is 10.1 Å². The minimum atomic E-state index is -0.515. The van der Waals surface area contributed by atoms with Crippen LogP contribution >= 0.6 is 0 Å². The van der Waals surface area contributed by atoms with E-state index in [9.17, 15) is 4.79 Å². The number of para-hydroxylation sites is 1. The molecule has 0 aliphatic carbocycles. The van der Waals surface area contributed by atoms with Crippen LogP contribution in [0.1, 0.15) is 28.0 Å². The lowest BCUT2D eigenvalue weighted by Gasteiger charge is -2.32. The summed E-state index contributed by atoms with van der Waals surface area (Å²) in [5, 5.41) is 8.91. The van der Waals surface area contributed by atoms with Crippen LogP contribution in [0.15, 0.2) is 75.0 Å². The van der Waals surface area contributed by atoms with Crippen molar-refractivity contribution in [1.29, 1.82) is 0 Å². The van der Waals surface area contributed by atoms with E-state index >= 15 is 0 Å². The first-order valence-electron chi connectivity index (χ1n) is 7.13. The molecule has 1 aliphatic rings. The van der Waals surface area contributed by atoms with E-state index in [1.807, 2.05) is 18.2 Å². The van der Waals surface area contributed by atoms with E-state index in [-0.39, 0.29) is 5.91 Å². The Morgan fingerprint density at radius 1 is 1.04 bits per heavy atom. The predicted octanol–water partition coefficient (Wildman–Crippen LogP) is 3.47. The summed E-state index contributed by atoms with van der Waals surface area (Å²) >= 11 is 0. The number of hydrazone groups is 1. The molecule has 0 bridgehead atoms. The lowest BCUT2D eigenvalue weighted by Crippen LogP contribution is -2.39. The second kappa shape index (κ2) is 5.49. The van der Waals surface area contributed by atoms with Crippen LogP contribution in [0.2, 0.25) is 0 Å². The summed E-state index contributed by atoms with van der Waals surface area (Å²) in [4.78, 5) is 12.8. The van der Waals surface area contributed by atoms with E-state index in [1.54, 1.807) is 42.9 Å². The maximum atomic E-state index is 12.8. The first-order chi connectivity index (χ1) is 11.3. The fourth-order valence-corrected chi connectivity index (χ4v) is 2.49. The van der Waals surface area contributed by atoms with Crippen molar-refractivity contribution in [3.63, 3.8) is 0 Å². The quantitative estimate of drug-likeness (QED) is 0.752. The highest BCUT2D eigenvalue weighted by Crippen LogP contribution is 2.33. The van der Waals surface area contributed by atoms with E-state index in [2.05, 4.69) is 10.4 Å². The fraction of sp³-hybridized carbons (Fsp3) is 0.0588. The van der Waals surface area contributed by atoms with Crippen LogP contribution in [0.25, 0.3) is 0 Å². The van der Waals surface area contributed by atoms with Crippen molar-refractivity contribution in [2.24, 2.45) is 5.10 Å². The van der Waals surface area contributed by atoms with Gasteiger partial charge in [-0.25, -0.2) is 0 Å². The van der Waals surface area contributed by atoms with Gasteiger partial charge < -0.3 is 14.2 Å². The van der Waals surface area contributed by atoms with Gasteiger partial charge in [0.1, 0.15) is 11.5 Å². The van der Waals surface area contributed by atoms with Crippen LogP contribution in [0.4, 0.5) is 5.69 Å². The summed E-state index contributed by atoms with van der Waals surface area (Å²) in [7, 11) is 0. The van der Waals surface area contributed by atoms with Crippen LogP contribution in [0.3, 0.4) is 0 Å². The zero-order valence-corrected chi connectivity index (χ0v) is 12.0. The normalized spacial score (nSPS) is 17.3. The molecule has 3 aromatic rings. The van der Waals surface area contributed by atoms with E-state index in [4.69, 9.17) is 8.83 Å². The number of hydrogen-bond acceptors (Lipinski definition) is 5. The molecule has 0 saturated heterocycles. The molecule has 0 radical (unpaired) electrons. The second-order valence-corrected chi connectivity index (χ2v) is 5.02. The summed E-state index contributed by atoms with van der Waals surface area (Å²) in [6.45, 7) is 0. The number of carbonyl (C=O) groups excluding carboxylic acids is 1. The molecule has 6 heteroatoms. The fourth-order valence-electron chi connectivity index (χ4n) is 2.49. The molecule has 1 N–H and O–H groups in total. The molecule has 4 rings (SSSR count). The predicted molar refractivity (Wildman–Crippen MR) is 84.0 cm³/mol. The maximum Gasteiger partial charge on any atom is 0.278 e. The number of rotatable bonds is 3. The van der Waals surface area contributed by atoms with E-state index in [0.717, 1.165) is 5.69 Å². The lowest BCUT2D eigenvalue weighted by atomic mass is 10.1. The first kappa shape index (κ1) is 13.4. The van der Waals surface area contributed by atoms with Crippen LogP contribution in [-0.4, -0.2) is 17.1 Å². The van der Waals surface area contributed by atoms with Crippen molar-refractivity contribution >= 4 is 17.8 Å². The minimum absolute atomic E-state index is 0.205. The van der Waals surface area contributed by atoms with Gasteiger partial charge in [0.05, 0.1) is 24.3 Å². The molecule has 1 amide bonds. The molecule has 1 aromatic carbocycles. The van der Waals surface area contributed by atoms with Crippen molar-refractivity contribution in [2.45, 2.75) is 6.17 Å². The van der Waals surface area contributed by atoms with Gasteiger partial charge in [-0.3, -0.25) is 4.79 Å². The van der Waals surface area contributed by atoms with Gasteiger partial charge in [0.2, 0.25) is 0 Å². The van der Waals surface area contributed by atoms with Gasteiger partial charge in [-0.05, 0) is 36.4 Å². The maximum absolute atomic E-state index is 12.8. The van der Waals surface area contributed by atoms with Crippen LogP contribution < -0.4 is 5.32 Å². The molecule has 1 aliphatic heterocycles. The number of fused-ring (bicyclic) bond motifs is 1. The third-order valence-electron chi connectivity index (χ3n) is 3.57. The van der Waals surface area contributed by atoms with E-state index in [1.165, 1.54) is 11.2 Å². The molecule has 6 nitrogen and oxygen atoms in total. The highest BCUT2D eigenvalue weighted by Gasteiger charge is 2.34. The molecule has 0 saturated carbocycles. The first-order valence-corrected chi connectivity index (χ1v) is 7.13. The monoisotopic (exact) mass is 307 g/mol. The van der Waals surface area contributed by atoms with Crippen molar-refractivity contribution in [3.05, 3.63) is 78.1 Å². The van der Waals surface area contributed by atoms with E-state index < -0.39 is 6.17 Å². The van der Waals surface area contributed by atoms with Gasteiger partial charge in [0.25, 0.3) is 5.91 Å². The Morgan fingerprint density at radius 3 is 2.65 bits per heavy atom. The summed E-state index contributed by atoms with van der Waals surface area (Å²) in [6.07, 6.45) is 4.11. The summed E-state index contributed by atoms with van der Waals surface area (Å²) in [6, 6.07) is 14.4. The molecule has 3 heterocycles. The SMILES string of the molecule is O=C1c2ccccc2NC(c2ccco2)N1N=Cc1ccco1. The van der Waals surface area contributed by atoms with Crippen LogP contribution in [0.5, 0.6) is 0 Å². The third-order valence-corrected chi connectivity index (χ3v) is 3.57. The topological polar surface area (TPSA) is 71.0 Å². The van der Waals surface area contributed by atoms with Gasteiger partial charge in [0, 0.05) is 5.69 Å². The van der Waals surface area contributed by atoms with Gasteiger partial charge in [-0.1, -0.05) is 12.1 Å². The van der Waals surface area contributed by atoms with Gasteiger partial charge in [-0.15, -0.1) is 0 Å². The Hall–Kier alpha value is -3.28. The summed E-state index contributed by atoms with van der Waals surface area (Å²) in [5.74, 6) is 0.961. The second-order valence-electron chi connectivity index (χ2n) is 5.02. The standard InChI is InChI=1S/C17H13N3O3/c21-17-13-6-1-2-7-14(13)19-16(15-8-4-10-23-15)20(17)18-11-12-5-3-9-22-12/h1-11,16,19H. The molecule has 1 unspecified atom stereocenters. The number of anilines is 1. The average molecular weight is 307 g/mol. The van der Waals surface area contributed by atoms with Crippen LogP contribution in [-0.2, 0) is 0 Å². The number of benzene rings is 1. The Bertz CT molecular complexity index is 838. The van der Waals surface area contributed by atoms with E-state index in [0.29, 0.717) is 17.1 Å². The molecular weight excluding hydrogens is 294 g/mol. The largest absolute Gasteiger partial charge is 0.465 e. The molecule has 2 aromatic heterocycles. The number of furan rings is 2. The number of nitrogens with one attached hydrogen (secondary N) is 1. The Morgan fingerprint density at radius 2 is 1.87 bits per heavy atom. The third kappa shape index (κ3) is 2.40. The van der Waals surface area contributed by atoms with Crippen molar-refractivity contribution < 1.29 is 13.6 Å². The number of nitrogens with zero attached hydrogens (tertiary/aromatic N) is 2. The van der Waals surface area contributed by atoms with Gasteiger partial charge in [0.15, 0.2) is 6.17 Å². The summed E-state index contributed by atoms with van der Waals surface area (Å²) < 4.78 is 10.7. The molecule has 23 heavy (non-hydrogen) atoms. The zero-order chi connectivity index (χ0) is 15.6. The molecule has 114 valence electrons. The van der Waals surface area contributed by atoms with Crippen molar-refractivity contribution in [2.75, 3.05) is 5.32 Å². The smallest absolute Gasteiger partial charge is 0.278 e. The number of amides is 1. The zero-order valence-electron chi connectivity index (χ0n) is 12.0. The molecule has 0 spiro atoms. The van der Waals surface area contributed by atoms with Crippen molar-refractivity contribution in [3.8, 4) is 0 Å². The number of carbonyl (C=O) groups is 1. The average Bonchev–Trinajstić information content (AvgIpc) is 3.27. The highest BCUT2D eigenvalue weighted by atomic mass is 16.3. The van der Waals surface area contributed by atoms with Gasteiger partial charge >= 0.3 is 0 Å². The lowest BCUT2D eigenvalue weighted by molar-refractivity contribution is 0.0671. The van der Waals surface area contributed by atoms with Crippen molar-refractivity contribution in [1.82, 2.24) is 5.01 Å².